The van der Waals surface area contributed by atoms with E-state index in [0.29, 0.717) is 12.1 Å². The third-order valence-electron chi connectivity index (χ3n) is 3.32. The number of amides is 1. The first-order chi connectivity index (χ1) is 10.3. The Morgan fingerprint density at radius 1 is 1.14 bits per heavy atom. The number of hydrogen-bond acceptors (Lipinski definition) is 3. The molecule has 106 valence electrons. The molecule has 5 nitrogen and oxygen atoms in total. The number of aromatic amines is 1. The maximum Gasteiger partial charge on any atom is 0.251 e. The van der Waals surface area contributed by atoms with Crippen molar-refractivity contribution in [3.05, 3.63) is 60.3 Å². The molecule has 1 aromatic carbocycles. The lowest BCUT2D eigenvalue weighted by Crippen LogP contribution is -2.25. The zero-order chi connectivity index (χ0) is 14.5. The highest BCUT2D eigenvalue weighted by atomic mass is 16.1. The van der Waals surface area contributed by atoms with Gasteiger partial charge in [-0.3, -0.25) is 9.78 Å². The number of nitrogens with one attached hydrogen (secondary N) is 2. The van der Waals surface area contributed by atoms with Crippen LogP contribution in [0.4, 0.5) is 0 Å². The second kappa shape index (κ2) is 6.17. The highest BCUT2D eigenvalue weighted by molar-refractivity contribution is 6.06. The van der Waals surface area contributed by atoms with E-state index < -0.39 is 0 Å². The number of rotatable bonds is 5. The topological polar surface area (TPSA) is 70.7 Å². The Kier molecular flexibility index (Phi) is 3.91. The van der Waals surface area contributed by atoms with Crippen LogP contribution in [0.3, 0.4) is 0 Å². The van der Waals surface area contributed by atoms with Crippen molar-refractivity contribution in [1.82, 2.24) is 20.3 Å². The molecular formula is C16H16N4O. The highest BCUT2D eigenvalue weighted by Crippen LogP contribution is 2.16. The molecule has 0 unspecified atom stereocenters. The summed E-state index contributed by atoms with van der Waals surface area (Å²) in [6.45, 7) is 0.621. The van der Waals surface area contributed by atoms with Gasteiger partial charge in [0.05, 0.1) is 5.52 Å². The molecular weight excluding hydrogens is 264 g/mol. The fraction of sp³-hybridized carbons (Fsp3) is 0.188. The molecule has 3 rings (SSSR count). The highest BCUT2D eigenvalue weighted by Gasteiger charge is 2.09. The first kappa shape index (κ1) is 13.3. The Labute approximate surface area is 122 Å². The smallest absolute Gasteiger partial charge is 0.251 e. The van der Waals surface area contributed by atoms with Gasteiger partial charge in [-0.05, 0) is 24.6 Å². The number of H-pyrrole nitrogens is 1. The van der Waals surface area contributed by atoms with E-state index in [2.05, 4.69) is 20.3 Å². The van der Waals surface area contributed by atoms with Crippen molar-refractivity contribution in [2.24, 2.45) is 0 Å². The van der Waals surface area contributed by atoms with E-state index in [-0.39, 0.29) is 5.91 Å². The molecule has 0 aliphatic heterocycles. The number of hydrogen-bond donors (Lipinski definition) is 2. The zero-order valence-electron chi connectivity index (χ0n) is 11.5. The summed E-state index contributed by atoms with van der Waals surface area (Å²) in [6, 6.07) is 9.35. The van der Waals surface area contributed by atoms with E-state index in [1.54, 1.807) is 18.6 Å². The van der Waals surface area contributed by atoms with Crippen LogP contribution in [0.25, 0.3) is 10.9 Å². The van der Waals surface area contributed by atoms with Crippen molar-refractivity contribution in [2.45, 2.75) is 12.8 Å². The van der Waals surface area contributed by atoms with E-state index >= 15 is 0 Å². The molecule has 0 saturated heterocycles. The molecule has 0 aliphatic carbocycles. The van der Waals surface area contributed by atoms with Crippen molar-refractivity contribution in [1.29, 1.82) is 0 Å². The third-order valence-corrected chi connectivity index (χ3v) is 3.32. The average Bonchev–Trinajstić information content (AvgIpc) is 3.04. The molecule has 0 atom stereocenters. The summed E-state index contributed by atoms with van der Waals surface area (Å²) < 4.78 is 0. The molecule has 2 heterocycles. The van der Waals surface area contributed by atoms with Gasteiger partial charge in [0, 0.05) is 42.5 Å². The quantitative estimate of drug-likeness (QED) is 0.705. The Hall–Kier alpha value is -2.69. The van der Waals surface area contributed by atoms with Crippen molar-refractivity contribution in [3.63, 3.8) is 0 Å². The second-order valence-electron chi connectivity index (χ2n) is 4.77. The number of fused-ring (bicyclic) bond motifs is 1. The van der Waals surface area contributed by atoms with Crippen LogP contribution in [-0.4, -0.2) is 27.4 Å². The summed E-state index contributed by atoms with van der Waals surface area (Å²) in [7, 11) is 0. The van der Waals surface area contributed by atoms with Gasteiger partial charge in [-0.25, -0.2) is 4.98 Å². The van der Waals surface area contributed by atoms with Gasteiger partial charge in [0.15, 0.2) is 0 Å². The molecule has 1 amide bonds. The van der Waals surface area contributed by atoms with Crippen molar-refractivity contribution in [2.75, 3.05) is 6.54 Å². The van der Waals surface area contributed by atoms with Gasteiger partial charge in [-0.2, -0.15) is 0 Å². The SMILES string of the molecule is O=C(NCCCc1ncc[nH]1)c1cccc2ncccc12. The molecule has 0 spiro atoms. The summed E-state index contributed by atoms with van der Waals surface area (Å²) in [5.41, 5.74) is 1.50. The summed E-state index contributed by atoms with van der Waals surface area (Å²) in [5.74, 6) is 0.881. The summed E-state index contributed by atoms with van der Waals surface area (Å²) in [4.78, 5) is 23.7. The van der Waals surface area contributed by atoms with Crippen LogP contribution < -0.4 is 5.32 Å². The van der Waals surface area contributed by atoms with E-state index in [1.807, 2.05) is 30.3 Å². The van der Waals surface area contributed by atoms with Crippen molar-refractivity contribution in [3.8, 4) is 0 Å². The van der Waals surface area contributed by atoms with Gasteiger partial charge in [-0.1, -0.05) is 12.1 Å². The average molecular weight is 280 g/mol. The predicted octanol–water partition coefficient (Wildman–Crippen LogP) is 2.32. The van der Waals surface area contributed by atoms with E-state index in [1.165, 1.54) is 0 Å². The number of benzene rings is 1. The van der Waals surface area contributed by atoms with Crippen molar-refractivity contribution >= 4 is 16.8 Å². The summed E-state index contributed by atoms with van der Waals surface area (Å²) in [5, 5.41) is 3.82. The van der Waals surface area contributed by atoms with Gasteiger partial charge in [-0.15, -0.1) is 0 Å². The normalized spacial score (nSPS) is 10.7. The molecule has 0 saturated carbocycles. The lowest BCUT2D eigenvalue weighted by Gasteiger charge is -2.07. The maximum atomic E-state index is 12.3. The van der Waals surface area contributed by atoms with Gasteiger partial charge < -0.3 is 10.3 Å². The number of carbonyl (C=O) groups excluding carboxylic acids is 1. The maximum absolute atomic E-state index is 12.3. The third kappa shape index (κ3) is 3.08. The van der Waals surface area contributed by atoms with E-state index in [0.717, 1.165) is 29.6 Å². The first-order valence-corrected chi connectivity index (χ1v) is 6.95. The lowest BCUT2D eigenvalue weighted by molar-refractivity contribution is 0.0955. The molecule has 5 heteroatoms. The standard InChI is InChI=1S/C16H16N4O/c21-16(20-9-3-7-15-18-10-11-19-15)13-4-1-6-14-12(13)5-2-8-17-14/h1-2,4-6,8,10-11H,3,7,9H2,(H,18,19)(H,20,21). The number of pyridine rings is 1. The predicted molar refractivity (Wildman–Crippen MR) is 81.0 cm³/mol. The van der Waals surface area contributed by atoms with Gasteiger partial charge >= 0.3 is 0 Å². The van der Waals surface area contributed by atoms with E-state index in [9.17, 15) is 4.79 Å². The van der Waals surface area contributed by atoms with Crippen LogP contribution >= 0.6 is 0 Å². The minimum Gasteiger partial charge on any atom is -0.352 e. The summed E-state index contributed by atoms with van der Waals surface area (Å²) in [6.07, 6.45) is 6.94. The zero-order valence-corrected chi connectivity index (χ0v) is 11.5. The fourth-order valence-electron chi connectivity index (χ4n) is 2.29. The Morgan fingerprint density at radius 2 is 2.10 bits per heavy atom. The fourth-order valence-corrected chi connectivity index (χ4v) is 2.29. The Morgan fingerprint density at radius 3 is 2.95 bits per heavy atom. The molecule has 3 aromatic rings. The number of aryl methyl sites for hydroxylation is 1. The lowest BCUT2D eigenvalue weighted by atomic mass is 10.1. The molecule has 0 radical (unpaired) electrons. The molecule has 21 heavy (non-hydrogen) atoms. The summed E-state index contributed by atoms with van der Waals surface area (Å²) >= 11 is 0. The second-order valence-corrected chi connectivity index (χ2v) is 4.77. The largest absolute Gasteiger partial charge is 0.352 e. The molecule has 0 bridgehead atoms. The Bertz CT molecular complexity index is 732. The molecule has 2 aromatic heterocycles. The van der Waals surface area contributed by atoms with Gasteiger partial charge in [0.1, 0.15) is 5.82 Å². The number of nitrogens with zero attached hydrogens (tertiary/aromatic N) is 2. The van der Waals surface area contributed by atoms with Crippen LogP contribution in [0.2, 0.25) is 0 Å². The van der Waals surface area contributed by atoms with Crippen LogP contribution in [0.15, 0.2) is 48.9 Å². The molecule has 2 N–H and O–H groups in total. The van der Waals surface area contributed by atoms with Gasteiger partial charge in [0.25, 0.3) is 5.91 Å². The van der Waals surface area contributed by atoms with Crippen LogP contribution in [-0.2, 0) is 6.42 Å². The van der Waals surface area contributed by atoms with Crippen LogP contribution in [0.1, 0.15) is 22.6 Å². The Balaban J connectivity index is 1.62. The van der Waals surface area contributed by atoms with Crippen molar-refractivity contribution < 1.29 is 4.79 Å². The number of imidazole rings is 1. The van der Waals surface area contributed by atoms with E-state index in [4.69, 9.17) is 0 Å². The monoisotopic (exact) mass is 280 g/mol. The number of carbonyl (C=O) groups is 1. The molecule has 0 aliphatic rings. The van der Waals surface area contributed by atoms with Crippen LogP contribution in [0.5, 0.6) is 0 Å². The first-order valence-electron chi connectivity index (χ1n) is 6.95. The number of aromatic nitrogens is 3. The molecule has 0 fully saturated rings. The van der Waals surface area contributed by atoms with Gasteiger partial charge in [0.2, 0.25) is 0 Å². The minimum absolute atomic E-state index is 0.0620. The minimum atomic E-state index is -0.0620. The van der Waals surface area contributed by atoms with Crippen LogP contribution in [0, 0.1) is 0 Å².